The Balaban J connectivity index is 3.02. The molecule has 17 heavy (non-hydrogen) atoms. The predicted molar refractivity (Wildman–Crippen MR) is 62.9 cm³/mol. The van der Waals surface area contributed by atoms with Crippen LogP contribution in [-0.2, 0) is 9.59 Å². The van der Waals surface area contributed by atoms with Gasteiger partial charge >= 0.3 is 11.9 Å². The Morgan fingerprint density at radius 1 is 1.35 bits per heavy atom. The van der Waals surface area contributed by atoms with Gasteiger partial charge in [-0.05, 0) is 40.5 Å². The van der Waals surface area contributed by atoms with Crippen LogP contribution in [0, 0.1) is 6.92 Å². The first kappa shape index (κ1) is 13.2. The van der Waals surface area contributed by atoms with Gasteiger partial charge < -0.3 is 14.9 Å². The van der Waals surface area contributed by atoms with Gasteiger partial charge in [-0.1, -0.05) is 6.07 Å². The van der Waals surface area contributed by atoms with Gasteiger partial charge in [0.2, 0.25) is 5.76 Å². The average Bonchev–Trinajstić information content (AvgIpc) is 2.19. The van der Waals surface area contributed by atoms with Crippen LogP contribution in [0.25, 0.3) is 0 Å². The number of halogens is 1. The maximum Gasteiger partial charge on any atom is 0.372 e. The maximum absolute atomic E-state index is 10.7. The van der Waals surface area contributed by atoms with Gasteiger partial charge in [-0.3, -0.25) is 0 Å². The number of ether oxygens (including phenoxy) is 1. The fourth-order valence-electron chi connectivity index (χ4n) is 1.05. The number of carboxylic acid groups (broad SMARTS) is 2. The minimum Gasteiger partial charge on any atom is -0.478 e. The molecule has 0 heterocycles. The van der Waals surface area contributed by atoms with Crippen LogP contribution in [0.3, 0.4) is 0 Å². The maximum atomic E-state index is 10.7. The summed E-state index contributed by atoms with van der Waals surface area (Å²) in [6.07, 6.45) is 0.495. The van der Waals surface area contributed by atoms with E-state index in [1.165, 1.54) is 0 Å². The number of carboxylic acids is 2. The molecule has 0 aliphatic heterocycles. The van der Waals surface area contributed by atoms with Crippen LogP contribution in [0.2, 0.25) is 0 Å². The van der Waals surface area contributed by atoms with E-state index in [4.69, 9.17) is 14.9 Å². The monoisotopic (exact) mass is 300 g/mol. The SMILES string of the molecule is Cc1ccc(O/C(=C\C(=O)O)C(=O)O)c(Br)c1. The number of rotatable bonds is 4. The Hall–Kier alpha value is -1.82. The molecule has 0 amide bonds. The van der Waals surface area contributed by atoms with Crippen LogP contribution in [0.5, 0.6) is 5.75 Å². The van der Waals surface area contributed by atoms with Crippen LogP contribution in [0.1, 0.15) is 5.56 Å². The number of hydrogen-bond donors (Lipinski definition) is 2. The zero-order valence-corrected chi connectivity index (χ0v) is 10.4. The van der Waals surface area contributed by atoms with Crippen molar-refractivity contribution >= 4 is 27.9 Å². The number of aliphatic carboxylic acids is 2. The minimum atomic E-state index is -1.44. The van der Waals surface area contributed by atoms with Crippen LogP contribution >= 0.6 is 15.9 Å². The van der Waals surface area contributed by atoms with Gasteiger partial charge in [0.15, 0.2) is 0 Å². The lowest BCUT2D eigenvalue weighted by atomic mass is 10.2. The highest BCUT2D eigenvalue weighted by molar-refractivity contribution is 9.10. The quantitative estimate of drug-likeness (QED) is 0.658. The number of aryl methyl sites for hydroxylation is 1. The molecule has 0 saturated carbocycles. The highest BCUT2D eigenvalue weighted by Crippen LogP contribution is 2.27. The summed E-state index contributed by atoms with van der Waals surface area (Å²) >= 11 is 3.20. The van der Waals surface area contributed by atoms with Crippen LogP contribution in [0.4, 0.5) is 0 Å². The highest BCUT2D eigenvalue weighted by atomic mass is 79.9. The third kappa shape index (κ3) is 3.92. The normalized spacial score (nSPS) is 11.1. The summed E-state index contributed by atoms with van der Waals surface area (Å²) in [4.78, 5) is 21.2. The lowest BCUT2D eigenvalue weighted by Crippen LogP contribution is -2.10. The summed E-state index contributed by atoms with van der Waals surface area (Å²) in [6, 6.07) is 5.01. The largest absolute Gasteiger partial charge is 0.478 e. The van der Waals surface area contributed by atoms with Crippen molar-refractivity contribution in [2.24, 2.45) is 0 Å². The first-order chi connectivity index (χ1) is 7.90. The summed E-state index contributed by atoms with van der Waals surface area (Å²) in [7, 11) is 0. The van der Waals surface area contributed by atoms with Crippen molar-refractivity contribution in [2.45, 2.75) is 6.92 Å². The third-order valence-corrected chi connectivity index (χ3v) is 2.39. The van der Waals surface area contributed by atoms with Gasteiger partial charge in [-0.2, -0.15) is 0 Å². The van der Waals surface area contributed by atoms with E-state index in [0.717, 1.165) is 5.56 Å². The molecule has 0 aliphatic rings. The lowest BCUT2D eigenvalue weighted by molar-refractivity contribution is -0.137. The second-order valence-electron chi connectivity index (χ2n) is 3.19. The van der Waals surface area contributed by atoms with Crippen molar-refractivity contribution in [3.8, 4) is 5.75 Å². The minimum absolute atomic E-state index is 0.241. The van der Waals surface area contributed by atoms with Crippen molar-refractivity contribution in [3.05, 3.63) is 40.1 Å². The predicted octanol–water partition coefficient (Wildman–Crippen LogP) is 2.19. The molecule has 6 heteroatoms. The molecule has 0 radical (unpaired) electrons. The van der Waals surface area contributed by atoms with Crippen LogP contribution in [0.15, 0.2) is 34.5 Å². The molecule has 1 aromatic rings. The van der Waals surface area contributed by atoms with E-state index in [2.05, 4.69) is 15.9 Å². The lowest BCUT2D eigenvalue weighted by Gasteiger charge is -2.08. The molecule has 1 aromatic carbocycles. The van der Waals surface area contributed by atoms with E-state index in [9.17, 15) is 9.59 Å². The Bertz CT molecular complexity index is 493. The summed E-state index contributed by atoms with van der Waals surface area (Å²) in [5.41, 5.74) is 0.961. The first-order valence-corrected chi connectivity index (χ1v) is 5.31. The van der Waals surface area contributed by atoms with Crippen molar-refractivity contribution < 1.29 is 24.5 Å². The zero-order chi connectivity index (χ0) is 13.0. The van der Waals surface area contributed by atoms with E-state index in [0.29, 0.717) is 10.5 Å². The van der Waals surface area contributed by atoms with Gasteiger partial charge in [-0.15, -0.1) is 0 Å². The smallest absolute Gasteiger partial charge is 0.372 e. The molecule has 0 saturated heterocycles. The average molecular weight is 301 g/mol. The molecule has 0 aliphatic carbocycles. The second-order valence-corrected chi connectivity index (χ2v) is 4.04. The van der Waals surface area contributed by atoms with E-state index in [-0.39, 0.29) is 5.75 Å². The van der Waals surface area contributed by atoms with Crippen molar-refractivity contribution in [3.63, 3.8) is 0 Å². The van der Waals surface area contributed by atoms with E-state index in [1.807, 2.05) is 6.92 Å². The number of hydrogen-bond acceptors (Lipinski definition) is 3. The molecule has 0 atom stereocenters. The molecular formula is C11H9BrO5. The summed E-state index contributed by atoms with van der Waals surface area (Å²) in [6.45, 7) is 1.86. The van der Waals surface area contributed by atoms with Gasteiger partial charge in [0.1, 0.15) is 5.75 Å². The molecule has 2 N–H and O–H groups in total. The standard InChI is InChI=1S/C11H9BrO5/c1-6-2-3-8(7(12)4-6)17-9(11(15)16)5-10(13)14/h2-5H,1H3,(H,13,14)(H,15,16)/b9-5-. The van der Waals surface area contributed by atoms with E-state index >= 15 is 0 Å². The Labute approximate surface area is 105 Å². The van der Waals surface area contributed by atoms with Crippen LogP contribution < -0.4 is 4.74 Å². The molecule has 1 rings (SSSR count). The van der Waals surface area contributed by atoms with Gasteiger partial charge in [0.25, 0.3) is 0 Å². The number of benzene rings is 1. The van der Waals surface area contributed by atoms with Crippen molar-refractivity contribution in [1.82, 2.24) is 0 Å². The van der Waals surface area contributed by atoms with Gasteiger partial charge in [0, 0.05) is 0 Å². The Kier molecular flexibility index (Phi) is 4.28. The van der Waals surface area contributed by atoms with Crippen molar-refractivity contribution in [1.29, 1.82) is 0 Å². The highest BCUT2D eigenvalue weighted by Gasteiger charge is 2.14. The van der Waals surface area contributed by atoms with Crippen molar-refractivity contribution in [2.75, 3.05) is 0 Å². The van der Waals surface area contributed by atoms with Gasteiger partial charge in [-0.25, -0.2) is 9.59 Å². The number of carbonyl (C=O) groups is 2. The van der Waals surface area contributed by atoms with Gasteiger partial charge in [0.05, 0.1) is 10.5 Å². The Morgan fingerprint density at radius 2 is 2.00 bits per heavy atom. The first-order valence-electron chi connectivity index (χ1n) is 4.52. The summed E-state index contributed by atoms with van der Waals surface area (Å²) < 4.78 is 5.56. The summed E-state index contributed by atoms with van der Waals surface area (Å²) in [5, 5.41) is 17.2. The molecule has 0 bridgehead atoms. The molecular weight excluding hydrogens is 292 g/mol. The fraction of sp³-hybridized carbons (Fsp3) is 0.0909. The third-order valence-electron chi connectivity index (χ3n) is 1.77. The molecule has 5 nitrogen and oxygen atoms in total. The van der Waals surface area contributed by atoms with E-state index < -0.39 is 17.7 Å². The fourth-order valence-corrected chi connectivity index (χ4v) is 1.63. The molecule has 0 unspecified atom stereocenters. The zero-order valence-electron chi connectivity index (χ0n) is 8.81. The Morgan fingerprint density at radius 3 is 2.47 bits per heavy atom. The second kappa shape index (κ2) is 5.49. The molecule has 0 aromatic heterocycles. The van der Waals surface area contributed by atoms with E-state index in [1.54, 1.807) is 18.2 Å². The summed E-state index contributed by atoms with van der Waals surface area (Å²) in [5.74, 6) is -3.24. The van der Waals surface area contributed by atoms with Crippen LogP contribution in [-0.4, -0.2) is 22.2 Å². The molecule has 0 spiro atoms. The molecule has 90 valence electrons. The topological polar surface area (TPSA) is 83.8 Å². The molecule has 0 fully saturated rings.